The maximum atomic E-state index is 5.58. The second-order valence-electron chi connectivity index (χ2n) is 3.54. The van der Waals surface area contributed by atoms with Gasteiger partial charge in [-0.15, -0.1) is 0 Å². The molecule has 0 radical (unpaired) electrons. The van der Waals surface area contributed by atoms with E-state index in [1.54, 1.807) is 0 Å². The number of rotatable bonds is 11. The highest BCUT2D eigenvalue weighted by Crippen LogP contribution is 1.99. The van der Waals surface area contributed by atoms with E-state index in [4.69, 9.17) is 14.2 Å². The Balaban J connectivity index is 3.44. The van der Waals surface area contributed by atoms with Gasteiger partial charge in [-0.05, 0) is 12.8 Å². The molecule has 1 unspecified atom stereocenters. The minimum atomic E-state index is -0.147. The minimum absolute atomic E-state index is 0.147. The van der Waals surface area contributed by atoms with Crippen molar-refractivity contribution in [2.75, 3.05) is 26.1 Å². The molecule has 0 aromatic rings. The first-order chi connectivity index (χ1) is 7.35. The zero-order valence-electron chi connectivity index (χ0n) is 10.5. The Morgan fingerprint density at radius 1 is 1.00 bits per heavy atom. The number of ether oxygens (including phenoxy) is 3. The fourth-order valence-corrected chi connectivity index (χ4v) is 1.49. The number of hydrogen-bond donors (Lipinski definition) is 0. The average molecular weight is 234 g/mol. The van der Waals surface area contributed by atoms with Crippen molar-refractivity contribution in [2.24, 2.45) is 0 Å². The highest BCUT2D eigenvalue weighted by Gasteiger charge is 2.07. The van der Waals surface area contributed by atoms with E-state index in [0.717, 1.165) is 48.9 Å². The summed E-state index contributed by atoms with van der Waals surface area (Å²) < 4.78 is 16.5. The first-order valence-electron chi connectivity index (χ1n) is 6.16. The van der Waals surface area contributed by atoms with Crippen LogP contribution in [0.25, 0.3) is 0 Å². The van der Waals surface area contributed by atoms with Gasteiger partial charge in [0.15, 0.2) is 6.29 Å². The van der Waals surface area contributed by atoms with Crippen molar-refractivity contribution < 1.29 is 14.2 Å². The zero-order valence-corrected chi connectivity index (χ0v) is 12.5. The largest absolute Gasteiger partial charge is 0.376 e. The first kappa shape index (κ1) is 15.1. The van der Waals surface area contributed by atoms with E-state index in [-0.39, 0.29) is 6.29 Å². The molecule has 0 aliphatic rings. The molecular weight excluding hydrogens is 208 g/mol. The van der Waals surface area contributed by atoms with E-state index < -0.39 is 0 Å². The fourth-order valence-electron chi connectivity index (χ4n) is 1.12. The molecule has 0 rings (SSSR count). The van der Waals surface area contributed by atoms with Gasteiger partial charge in [0.25, 0.3) is 0 Å². The molecule has 0 fully saturated rings. The highest BCUT2D eigenvalue weighted by molar-refractivity contribution is 6.08. The van der Waals surface area contributed by atoms with Gasteiger partial charge < -0.3 is 14.2 Å². The second kappa shape index (κ2) is 12.2. The lowest BCUT2D eigenvalue weighted by Crippen LogP contribution is -2.25. The van der Waals surface area contributed by atoms with Crippen LogP contribution in [0.15, 0.2) is 0 Å². The lowest BCUT2D eigenvalue weighted by molar-refractivity contribution is -0.162. The molecule has 1 atom stereocenters. The minimum Gasteiger partial charge on any atom is -0.376 e. The second-order valence-corrected chi connectivity index (χ2v) is 4.12. The van der Waals surface area contributed by atoms with Crippen LogP contribution >= 0.6 is 0 Å². The summed E-state index contributed by atoms with van der Waals surface area (Å²) >= 11 is 0. The van der Waals surface area contributed by atoms with Crippen molar-refractivity contribution in [1.29, 1.82) is 0 Å². The van der Waals surface area contributed by atoms with Gasteiger partial charge in [0.1, 0.15) is 0 Å². The van der Waals surface area contributed by atoms with Gasteiger partial charge >= 0.3 is 0 Å². The SMILES string of the molecule is CCCCOCC(OC[SiH3])OCCCC. The van der Waals surface area contributed by atoms with Gasteiger partial charge in [-0.25, -0.2) is 0 Å². The highest BCUT2D eigenvalue weighted by atomic mass is 28.1. The molecule has 0 aliphatic heterocycles. The van der Waals surface area contributed by atoms with Crippen LogP contribution in [0.2, 0.25) is 0 Å². The van der Waals surface area contributed by atoms with Crippen molar-refractivity contribution in [3.63, 3.8) is 0 Å². The standard InChI is InChI=1S/C11H26O3Si/c1-3-5-7-12-9-11(14-10-15)13-8-6-4-2/h11H,3-10H2,1-2,15H3. The Morgan fingerprint density at radius 2 is 1.67 bits per heavy atom. The predicted octanol–water partition coefficient (Wildman–Crippen LogP) is 1.29. The van der Waals surface area contributed by atoms with Crippen LogP contribution in [0.4, 0.5) is 0 Å². The van der Waals surface area contributed by atoms with Gasteiger partial charge in [-0.2, -0.15) is 0 Å². The Kier molecular flexibility index (Phi) is 12.2. The van der Waals surface area contributed by atoms with Crippen LogP contribution in [-0.4, -0.2) is 42.6 Å². The van der Waals surface area contributed by atoms with Crippen molar-refractivity contribution >= 4 is 10.2 Å². The molecule has 0 saturated heterocycles. The van der Waals surface area contributed by atoms with Gasteiger partial charge in [-0.1, -0.05) is 26.7 Å². The molecule has 0 spiro atoms. The fraction of sp³-hybridized carbons (Fsp3) is 1.00. The van der Waals surface area contributed by atoms with E-state index in [1.807, 2.05) is 0 Å². The Morgan fingerprint density at radius 3 is 2.27 bits per heavy atom. The van der Waals surface area contributed by atoms with Crippen molar-refractivity contribution in [2.45, 2.75) is 45.8 Å². The van der Waals surface area contributed by atoms with Crippen LogP contribution in [-0.2, 0) is 14.2 Å². The van der Waals surface area contributed by atoms with Crippen LogP contribution in [0.5, 0.6) is 0 Å². The van der Waals surface area contributed by atoms with Crippen molar-refractivity contribution in [3.8, 4) is 0 Å². The van der Waals surface area contributed by atoms with E-state index >= 15 is 0 Å². The third kappa shape index (κ3) is 10.4. The molecule has 0 amide bonds. The quantitative estimate of drug-likeness (QED) is 0.306. The van der Waals surface area contributed by atoms with Crippen LogP contribution < -0.4 is 0 Å². The summed E-state index contributed by atoms with van der Waals surface area (Å²) in [5, 5.41) is 0. The van der Waals surface area contributed by atoms with E-state index in [2.05, 4.69) is 13.8 Å². The molecule has 0 aromatic heterocycles. The number of unbranched alkanes of at least 4 members (excludes halogenated alkanes) is 2. The molecule has 92 valence electrons. The number of hydrogen-bond acceptors (Lipinski definition) is 3. The average Bonchev–Trinajstić information content (AvgIpc) is 2.24. The van der Waals surface area contributed by atoms with Gasteiger partial charge in [0, 0.05) is 29.7 Å². The van der Waals surface area contributed by atoms with E-state index in [0.29, 0.717) is 6.61 Å². The topological polar surface area (TPSA) is 27.7 Å². The van der Waals surface area contributed by atoms with Gasteiger partial charge in [-0.3, -0.25) is 0 Å². The third-order valence-electron chi connectivity index (χ3n) is 2.05. The lowest BCUT2D eigenvalue weighted by Gasteiger charge is -2.17. The summed E-state index contributed by atoms with van der Waals surface area (Å²) in [5.41, 5.74) is 0. The molecule has 4 heteroatoms. The Hall–Kier alpha value is 0.0969. The van der Waals surface area contributed by atoms with Crippen LogP contribution in [0.3, 0.4) is 0 Å². The van der Waals surface area contributed by atoms with E-state index in [1.165, 1.54) is 6.42 Å². The first-order valence-corrected chi connectivity index (χ1v) is 7.57. The van der Waals surface area contributed by atoms with Gasteiger partial charge in [0.05, 0.1) is 6.61 Å². The lowest BCUT2D eigenvalue weighted by atomic mass is 10.4. The molecule has 0 aliphatic carbocycles. The summed E-state index contributed by atoms with van der Waals surface area (Å²) in [6.45, 7) is 6.48. The molecule has 0 heterocycles. The Bertz CT molecular complexity index is 122. The third-order valence-corrected chi connectivity index (χ3v) is 2.38. The van der Waals surface area contributed by atoms with Crippen molar-refractivity contribution in [1.82, 2.24) is 0 Å². The molecular formula is C11H26O3Si. The summed E-state index contributed by atoms with van der Waals surface area (Å²) in [6, 6.07) is 0. The van der Waals surface area contributed by atoms with Gasteiger partial charge in [0.2, 0.25) is 0 Å². The summed E-state index contributed by atoms with van der Waals surface area (Å²) in [4.78, 5) is 0. The molecule has 15 heavy (non-hydrogen) atoms. The van der Waals surface area contributed by atoms with Crippen LogP contribution in [0, 0.1) is 0 Å². The summed E-state index contributed by atoms with van der Waals surface area (Å²) in [7, 11) is 1.05. The molecule has 0 saturated carbocycles. The molecule has 0 bridgehead atoms. The van der Waals surface area contributed by atoms with E-state index in [9.17, 15) is 0 Å². The smallest absolute Gasteiger partial charge is 0.180 e. The maximum Gasteiger partial charge on any atom is 0.180 e. The zero-order chi connectivity index (χ0) is 11.4. The predicted molar refractivity (Wildman–Crippen MR) is 66.3 cm³/mol. The molecule has 3 nitrogen and oxygen atoms in total. The Labute approximate surface area is 96.9 Å². The molecule has 0 aromatic carbocycles. The molecule has 0 N–H and O–H groups in total. The van der Waals surface area contributed by atoms with Crippen molar-refractivity contribution in [3.05, 3.63) is 0 Å². The summed E-state index contributed by atoms with van der Waals surface area (Å²) in [5.74, 6) is 0. The summed E-state index contributed by atoms with van der Waals surface area (Å²) in [6.07, 6.45) is 5.20. The maximum absolute atomic E-state index is 5.58. The monoisotopic (exact) mass is 234 g/mol. The van der Waals surface area contributed by atoms with Crippen LogP contribution in [0.1, 0.15) is 39.5 Å². The normalized spacial score (nSPS) is 13.2.